The molecule has 296 valence electrons. The minimum Gasteiger partial charge on any atom is -0.436 e. The summed E-state index contributed by atoms with van der Waals surface area (Å²) >= 11 is 0. The van der Waals surface area contributed by atoms with Crippen LogP contribution in [0.1, 0.15) is 61.3 Å². The lowest BCUT2D eigenvalue weighted by Crippen LogP contribution is -2.49. The SMILES string of the molecule is CN1CCC(C2CCN(C(=O)[C@@H](Cc3cc(C(F)(F)F)c(N)c(C(F)(F)F)c3)OC(=O)N3CCC(n4c(=O)[nH]c5c6ccccc6ncc54)CC3)CC2)CC1. The van der Waals surface area contributed by atoms with E-state index in [2.05, 4.69) is 21.9 Å². The van der Waals surface area contributed by atoms with Gasteiger partial charge in [0.25, 0.3) is 5.91 Å². The third-order valence-electron chi connectivity index (χ3n) is 11.6. The molecule has 0 radical (unpaired) electrons. The number of carbonyl (C=O) groups is 2. The number of nitrogens with two attached hydrogens (primary N) is 1. The topological polar surface area (TPSA) is 130 Å². The number of aromatic amines is 1. The van der Waals surface area contributed by atoms with Gasteiger partial charge in [0.05, 0.1) is 39.6 Å². The van der Waals surface area contributed by atoms with Crippen molar-refractivity contribution in [3.63, 3.8) is 0 Å². The van der Waals surface area contributed by atoms with Crippen molar-refractivity contribution in [3.8, 4) is 0 Å². The van der Waals surface area contributed by atoms with E-state index in [9.17, 15) is 40.7 Å². The fourth-order valence-electron chi connectivity index (χ4n) is 8.58. The number of fused-ring (bicyclic) bond motifs is 3. The van der Waals surface area contributed by atoms with E-state index in [-0.39, 0.29) is 24.8 Å². The van der Waals surface area contributed by atoms with Crippen LogP contribution in [0.15, 0.2) is 47.4 Å². The van der Waals surface area contributed by atoms with Gasteiger partial charge < -0.3 is 30.2 Å². The van der Waals surface area contributed by atoms with Gasteiger partial charge in [-0.1, -0.05) is 18.2 Å². The van der Waals surface area contributed by atoms with Crippen LogP contribution in [0.3, 0.4) is 0 Å². The molecule has 4 aromatic rings. The molecule has 3 fully saturated rings. The van der Waals surface area contributed by atoms with E-state index in [1.807, 2.05) is 24.3 Å². The molecule has 2 aromatic carbocycles. The second-order valence-corrected chi connectivity index (χ2v) is 15.0. The summed E-state index contributed by atoms with van der Waals surface area (Å²) < 4.78 is 90.8. The Morgan fingerprint density at radius 3 is 2.04 bits per heavy atom. The molecule has 17 heteroatoms. The molecule has 11 nitrogen and oxygen atoms in total. The third kappa shape index (κ3) is 7.98. The van der Waals surface area contributed by atoms with Crippen LogP contribution in [0.25, 0.3) is 21.9 Å². The number of carbonyl (C=O) groups excluding carboxylic acids is 2. The minimum atomic E-state index is -5.22. The first-order valence-corrected chi connectivity index (χ1v) is 18.6. The lowest BCUT2D eigenvalue weighted by atomic mass is 9.79. The largest absolute Gasteiger partial charge is 0.436 e. The highest BCUT2D eigenvalue weighted by atomic mass is 19.4. The number of anilines is 1. The molecule has 2 aromatic heterocycles. The Balaban J connectivity index is 1.09. The number of nitrogen functional groups attached to an aromatic ring is 1. The average molecular weight is 776 g/mol. The number of aromatic nitrogens is 3. The van der Waals surface area contributed by atoms with Gasteiger partial charge in [0.2, 0.25) is 0 Å². The number of nitrogens with one attached hydrogen (secondary N) is 1. The molecule has 2 amide bonds. The summed E-state index contributed by atoms with van der Waals surface area (Å²) in [5.41, 5.74) is 1.65. The summed E-state index contributed by atoms with van der Waals surface area (Å²) in [5, 5.41) is 0.782. The van der Waals surface area contributed by atoms with E-state index in [4.69, 9.17) is 10.5 Å². The number of hydrogen-bond donors (Lipinski definition) is 2. The van der Waals surface area contributed by atoms with Gasteiger partial charge in [-0.05, 0) is 94.3 Å². The molecule has 0 bridgehead atoms. The number of ether oxygens (including phenoxy) is 1. The average Bonchev–Trinajstić information content (AvgIpc) is 3.50. The van der Waals surface area contributed by atoms with Crippen molar-refractivity contribution in [3.05, 3.63) is 69.8 Å². The van der Waals surface area contributed by atoms with Crippen LogP contribution in [0.2, 0.25) is 0 Å². The lowest BCUT2D eigenvalue weighted by molar-refractivity contribution is -0.142. The van der Waals surface area contributed by atoms with Gasteiger partial charge in [-0.25, -0.2) is 9.59 Å². The number of nitrogens with zero attached hydrogens (tertiary/aromatic N) is 5. The highest BCUT2D eigenvalue weighted by Crippen LogP contribution is 2.42. The Bertz CT molecular complexity index is 2070. The van der Waals surface area contributed by atoms with Crippen molar-refractivity contribution in [2.75, 3.05) is 52.0 Å². The summed E-state index contributed by atoms with van der Waals surface area (Å²) in [5.74, 6) is 0.186. The van der Waals surface area contributed by atoms with Crippen LogP contribution in [0.5, 0.6) is 0 Å². The van der Waals surface area contributed by atoms with Gasteiger partial charge in [-0.15, -0.1) is 0 Å². The molecule has 3 aliphatic heterocycles. The quantitative estimate of drug-likeness (QED) is 0.170. The third-order valence-corrected chi connectivity index (χ3v) is 11.6. The summed E-state index contributed by atoms with van der Waals surface area (Å²) in [7, 11) is 2.07. The number of piperidine rings is 3. The maximum absolute atomic E-state index is 14.0. The predicted octanol–water partition coefficient (Wildman–Crippen LogP) is 6.46. The molecule has 3 saturated heterocycles. The Hall–Kier alpha value is -4.80. The zero-order valence-electron chi connectivity index (χ0n) is 30.3. The smallest absolute Gasteiger partial charge is 0.418 e. The van der Waals surface area contributed by atoms with Gasteiger partial charge in [0.1, 0.15) is 0 Å². The number of halogens is 6. The summed E-state index contributed by atoms with van der Waals surface area (Å²) in [6, 6.07) is 8.03. The second-order valence-electron chi connectivity index (χ2n) is 15.0. The molecule has 3 aliphatic rings. The first kappa shape index (κ1) is 38.5. The molecule has 0 aliphatic carbocycles. The summed E-state index contributed by atoms with van der Waals surface area (Å²) in [6.07, 6.45) is -8.06. The number of hydrogen-bond acceptors (Lipinski definition) is 7. The van der Waals surface area contributed by atoms with Gasteiger partial charge in [-0.3, -0.25) is 14.3 Å². The zero-order chi connectivity index (χ0) is 39.2. The number of alkyl halides is 6. The number of amides is 2. The van der Waals surface area contributed by atoms with Crippen LogP contribution in [-0.4, -0.2) is 93.7 Å². The molecule has 5 heterocycles. The fraction of sp³-hybridized carbons (Fsp3) is 0.526. The molecule has 0 unspecified atom stereocenters. The van der Waals surface area contributed by atoms with Crippen molar-refractivity contribution in [1.29, 1.82) is 0 Å². The highest BCUT2D eigenvalue weighted by molar-refractivity contribution is 6.01. The summed E-state index contributed by atoms with van der Waals surface area (Å²) in [4.78, 5) is 53.3. The van der Waals surface area contributed by atoms with Crippen molar-refractivity contribution in [1.82, 2.24) is 29.2 Å². The van der Waals surface area contributed by atoms with E-state index < -0.39 is 59.3 Å². The number of likely N-dealkylation sites (tertiary alicyclic amines) is 3. The van der Waals surface area contributed by atoms with Gasteiger partial charge in [-0.2, -0.15) is 26.3 Å². The van der Waals surface area contributed by atoms with Crippen molar-refractivity contribution >= 4 is 39.6 Å². The number of para-hydroxylation sites is 1. The van der Waals surface area contributed by atoms with E-state index >= 15 is 0 Å². The highest BCUT2D eigenvalue weighted by Gasteiger charge is 2.42. The number of pyridine rings is 1. The molecule has 0 saturated carbocycles. The minimum absolute atomic E-state index is 0.116. The van der Waals surface area contributed by atoms with E-state index in [1.54, 1.807) is 10.8 Å². The molecule has 1 atom stereocenters. The number of imidazole rings is 1. The monoisotopic (exact) mass is 775 g/mol. The van der Waals surface area contributed by atoms with Crippen LogP contribution < -0.4 is 11.4 Å². The van der Waals surface area contributed by atoms with E-state index in [0.29, 0.717) is 73.8 Å². The van der Waals surface area contributed by atoms with Crippen LogP contribution in [0, 0.1) is 11.8 Å². The van der Waals surface area contributed by atoms with Crippen molar-refractivity contribution in [2.24, 2.45) is 11.8 Å². The zero-order valence-corrected chi connectivity index (χ0v) is 30.3. The first-order valence-electron chi connectivity index (χ1n) is 18.6. The first-order chi connectivity index (χ1) is 26.1. The Morgan fingerprint density at radius 2 is 1.44 bits per heavy atom. The Kier molecular flexibility index (Phi) is 10.5. The van der Waals surface area contributed by atoms with Gasteiger partial charge >= 0.3 is 24.1 Å². The standard InChI is InChI=1S/C38H43F6N7O4/c1-48-12-6-23(7-13-48)24-8-14-49(15-9-24)34(52)31(20-22-18-27(37(39,40)41)32(45)28(19-22)38(42,43)44)55-36(54)50-16-10-25(11-17-50)51-30-21-46-29-5-3-2-4-26(29)33(30)47-35(51)53/h2-5,18-19,21,23-25,31H,6-17,20,45H2,1H3,(H,47,53)/t31-/m1/s1. The Morgan fingerprint density at radius 1 is 0.873 bits per heavy atom. The molecular weight excluding hydrogens is 732 g/mol. The van der Waals surface area contributed by atoms with Crippen LogP contribution in [-0.2, 0) is 28.3 Å². The van der Waals surface area contributed by atoms with Crippen molar-refractivity contribution < 1.29 is 40.7 Å². The molecule has 7 rings (SSSR count). The van der Waals surface area contributed by atoms with Crippen LogP contribution in [0.4, 0.5) is 36.8 Å². The molecule has 3 N–H and O–H groups in total. The van der Waals surface area contributed by atoms with E-state index in [0.717, 1.165) is 36.8 Å². The van der Waals surface area contributed by atoms with Gasteiger partial charge in [0.15, 0.2) is 6.10 Å². The summed E-state index contributed by atoms with van der Waals surface area (Å²) in [6.45, 7) is 2.83. The maximum atomic E-state index is 14.0. The van der Waals surface area contributed by atoms with Gasteiger partial charge in [0, 0.05) is 44.0 Å². The number of benzene rings is 2. The molecule has 55 heavy (non-hydrogen) atoms. The van der Waals surface area contributed by atoms with Crippen molar-refractivity contribution in [2.45, 2.75) is 69.4 Å². The van der Waals surface area contributed by atoms with Crippen LogP contribution >= 0.6 is 0 Å². The Labute approximate surface area is 312 Å². The molecular formula is C38H43F6N7O4. The normalized spacial score (nSPS) is 19.3. The number of H-pyrrole nitrogens is 1. The van der Waals surface area contributed by atoms with E-state index in [1.165, 1.54) is 9.80 Å². The second kappa shape index (κ2) is 15.0. The number of rotatable bonds is 6. The molecule has 0 spiro atoms. The maximum Gasteiger partial charge on any atom is 0.418 e. The predicted molar refractivity (Wildman–Crippen MR) is 192 cm³/mol. The fourth-order valence-corrected chi connectivity index (χ4v) is 8.58. The lowest BCUT2D eigenvalue weighted by Gasteiger charge is -2.40.